The molecule has 3 heterocycles. The second-order valence-electron chi connectivity index (χ2n) is 6.72. The van der Waals surface area contributed by atoms with E-state index in [-0.39, 0.29) is 11.8 Å². The highest BCUT2D eigenvalue weighted by atomic mass is 19.3. The second-order valence-corrected chi connectivity index (χ2v) is 6.72. The van der Waals surface area contributed by atoms with Gasteiger partial charge >= 0.3 is 0 Å². The lowest BCUT2D eigenvalue weighted by Gasteiger charge is -2.32. The standard InChI is InChI=1S/C16H20F2N6O/c17-12(18)8-19-16(25)11-2-1-7-23(9-11)14-6-5-13-20-21-15(10-3-4-10)24(13)22-14/h5-6,10-12H,1-4,7-9H2,(H,19,25). The molecule has 25 heavy (non-hydrogen) atoms. The molecule has 0 radical (unpaired) electrons. The smallest absolute Gasteiger partial charge is 0.255 e. The van der Waals surface area contributed by atoms with E-state index in [2.05, 4.69) is 20.6 Å². The van der Waals surface area contributed by atoms with Crippen molar-refractivity contribution >= 4 is 17.4 Å². The lowest BCUT2D eigenvalue weighted by molar-refractivity contribution is -0.125. The molecule has 0 aromatic carbocycles. The lowest BCUT2D eigenvalue weighted by atomic mass is 9.97. The molecule has 0 bridgehead atoms. The molecule has 4 rings (SSSR count). The first-order chi connectivity index (χ1) is 12.1. The second kappa shape index (κ2) is 6.53. The Labute approximate surface area is 143 Å². The Balaban J connectivity index is 1.50. The van der Waals surface area contributed by atoms with Gasteiger partial charge < -0.3 is 10.2 Å². The van der Waals surface area contributed by atoms with Gasteiger partial charge in [0.25, 0.3) is 6.43 Å². The van der Waals surface area contributed by atoms with Crippen LogP contribution in [0.2, 0.25) is 0 Å². The number of piperidine rings is 1. The van der Waals surface area contributed by atoms with Crippen molar-refractivity contribution in [2.45, 2.75) is 38.0 Å². The number of hydrogen-bond donors (Lipinski definition) is 1. The number of amides is 1. The van der Waals surface area contributed by atoms with Crippen molar-refractivity contribution in [3.63, 3.8) is 0 Å². The molecule has 134 valence electrons. The van der Waals surface area contributed by atoms with Crippen molar-refractivity contribution in [2.24, 2.45) is 5.92 Å². The normalized spacial score (nSPS) is 21.1. The number of rotatable bonds is 5. The molecule has 1 N–H and O–H groups in total. The van der Waals surface area contributed by atoms with Crippen LogP contribution in [0.25, 0.3) is 5.65 Å². The van der Waals surface area contributed by atoms with Crippen molar-refractivity contribution < 1.29 is 13.6 Å². The summed E-state index contributed by atoms with van der Waals surface area (Å²) in [5.41, 5.74) is 0.717. The van der Waals surface area contributed by atoms with Crippen molar-refractivity contribution in [1.82, 2.24) is 25.1 Å². The van der Waals surface area contributed by atoms with E-state index >= 15 is 0 Å². The zero-order valence-corrected chi connectivity index (χ0v) is 13.7. The monoisotopic (exact) mass is 350 g/mol. The molecule has 1 unspecified atom stereocenters. The van der Waals surface area contributed by atoms with E-state index in [0.717, 1.165) is 37.4 Å². The fourth-order valence-electron chi connectivity index (χ4n) is 3.28. The van der Waals surface area contributed by atoms with E-state index < -0.39 is 13.0 Å². The highest BCUT2D eigenvalue weighted by molar-refractivity contribution is 5.79. The molecule has 7 nitrogen and oxygen atoms in total. The summed E-state index contributed by atoms with van der Waals surface area (Å²) in [6, 6.07) is 3.75. The molecule has 1 aliphatic carbocycles. The van der Waals surface area contributed by atoms with Crippen LogP contribution in [0.3, 0.4) is 0 Å². The van der Waals surface area contributed by atoms with Gasteiger partial charge in [-0.05, 0) is 37.8 Å². The Kier molecular flexibility index (Phi) is 4.22. The SMILES string of the molecule is O=C(NCC(F)F)C1CCCN(c2ccc3nnc(C4CC4)n3n2)C1. The van der Waals surface area contributed by atoms with Crippen LogP contribution >= 0.6 is 0 Å². The van der Waals surface area contributed by atoms with Crippen molar-refractivity contribution in [1.29, 1.82) is 0 Å². The molecular formula is C16H20F2N6O. The molecule has 2 aromatic heterocycles. The Morgan fingerprint density at radius 1 is 1.28 bits per heavy atom. The van der Waals surface area contributed by atoms with Gasteiger partial charge in [-0.1, -0.05) is 0 Å². The first-order valence-corrected chi connectivity index (χ1v) is 8.65. The van der Waals surface area contributed by atoms with Crippen LogP contribution in [-0.2, 0) is 4.79 Å². The average molecular weight is 350 g/mol. The molecule has 9 heteroatoms. The van der Waals surface area contributed by atoms with Crippen molar-refractivity contribution in [2.75, 3.05) is 24.5 Å². The number of carbonyl (C=O) groups is 1. The molecule has 0 spiro atoms. The maximum absolute atomic E-state index is 12.3. The van der Waals surface area contributed by atoms with E-state index in [0.29, 0.717) is 24.5 Å². The maximum Gasteiger partial charge on any atom is 0.255 e. The number of nitrogens with one attached hydrogen (secondary N) is 1. The van der Waals surface area contributed by atoms with Gasteiger partial charge in [-0.3, -0.25) is 4.79 Å². The van der Waals surface area contributed by atoms with Crippen LogP contribution < -0.4 is 10.2 Å². The number of carbonyl (C=O) groups excluding carboxylic acids is 1. The van der Waals surface area contributed by atoms with E-state index in [4.69, 9.17) is 0 Å². The van der Waals surface area contributed by atoms with Crippen LogP contribution in [0.4, 0.5) is 14.6 Å². The minimum absolute atomic E-state index is 0.297. The Morgan fingerprint density at radius 2 is 2.12 bits per heavy atom. The van der Waals surface area contributed by atoms with Crippen LogP contribution in [-0.4, -0.2) is 51.8 Å². The minimum atomic E-state index is -2.53. The fourth-order valence-corrected chi connectivity index (χ4v) is 3.28. The number of nitrogens with zero attached hydrogens (tertiary/aromatic N) is 5. The van der Waals surface area contributed by atoms with Gasteiger partial charge in [0, 0.05) is 19.0 Å². The topological polar surface area (TPSA) is 75.4 Å². The Morgan fingerprint density at radius 3 is 2.88 bits per heavy atom. The van der Waals surface area contributed by atoms with Gasteiger partial charge in [-0.2, -0.15) is 4.52 Å². The molecule has 2 aromatic rings. The van der Waals surface area contributed by atoms with Gasteiger partial charge in [-0.15, -0.1) is 15.3 Å². The minimum Gasteiger partial charge on any atom is -0.354 e. The molecule has 2 fully saturated rings. The van der Waals surface area contributed by atoms with Gasteiger partial charge in [0.2, 0.25) is 5.91 Å². The largest absolute Gasteiger partial charge is 0.354 e. The zero-order chi connectivity index (χ0) is 17.4. The molecule has 1 aliphatic heterocycles. The summed E-state index contributed by atoms with van der Waals surface area (Å²) in [7, 11) is 0. The maximum atomic E-state index is 12.3. The first-order valence-electron chi connectivity index (χ1n) is 8.65. The van der Waals surface area contributed by atoms with E-state index in [9.17, 15) is 13.6 Å². The molecule has 1 amide bonds. The summed E-state index contributed by atoms with van der Waals surface area (Å²) in [4.78, 5) is 14.1. The number of anilines is 1. The number of fused-ring (bicyclic) bond motifs is 1. The number of halogens is 2. The van der Waals surface area contributed by atoms with E-state index in [1.54, 1.807) is 4.52 Å². The third-order valence-electron chi connectivity index (χ3n) is 4.76. The summed E-state index contributed by atoms with van der Waals surface area (Å²) >= 11 is 0. The van der Waals surface area contributed by atoms with Gasteiger partial charge in [-0.25, -0.2) is 8.78 Å². The summed E-state index contributed by atoms with van der Waals surface area (Å²) in [5.74, 6) is 1.48. The summed E-state index contributed by atoms with van der Waals surface area (Å²) in [6.45, 7) is 0.678. The van der Waals surface area contributed by atoms with Crippen LogP contribution in [0.1, 0.15) is 37.4 Å². The predicted molar refractivity (Wildman–Crippen MR) is 86.7 cm³/mol. The average Bonchev–Trinajstić information content (AvgIpc) is 3.38. The van der Waals surface area contributed by atoms with Crippen LogP contribution in [0.15, 0.2) is 12.1 Å². The number of alkyl halides is 2. The van der Waals surface area contributed by atoms with E-state index in [1.165, 1.54) is 0 Å². The van der Waals surface area contributed by atoms with E-state index in [1.807, 2.05) is 17.0 Å². The van der Waals surface area contributed by atoms with Gasteiger partial charge in [0.15, 0.2) is 11.5 Å². The Hall–Kier alpha value is -2.32. The third-order valence-corrected chi connectivity index (χ3v) is 4.76. The predicted octanol–water partition coefficient (Wildman–Crippen LogP) is 1.60. The summed E-state index contributed by atoms with van der Waals surface area (Å²) in [6.07, 6.45) is 1.23. The summed E-state index contributed by atoms with van der Waals surface area (Å²) < 4.78 is 26.3. The van der Waals surface area contributed by atoms with Crippen molar-refractivity contribution in [3.8, 4) is 0 Å². The molecule has 1 saturated heterocycles. The number of aromatic nitrogens is 4. The molecule has 2 aliphatic rings. The fraction of sp³-hybridized carbons (Fsp3) is 0.625. The first kappa shape index (κ1) is 16.2. The molecule has 1 atom stereocenters. The third kappa shape index (κ3) is 3.40. The number of hydrogen-bond acceptors (Lipinski definition) is 5. The zero-order valence-electron chi connectivity index (χ0n) is 13.7. The lowest BCUT2D eigenvalue weighted by Crippen LogP contribution is -2.44. The highest BCUT2D eigenvalue weighted by Crippen LogP contribution is 2.38. The van der Waals surface area contributed by atoms with Crippen LogP contribution in [0, 0.1) is 5.92 Å². The van der Waals surface area contributed by atoms with Crippen LogP contribution in [0.5, 0.6) is 0 Å². The van der Waals surface area contributed by atoms with Gasteiger partial charge in [0.05, 0.1) is 12.5 Å². The van der Waals surface area contributed by atoms with Crippen molar-refractivity contribution in [3.05, 3.63) is 18.0 Å². The van der Waals surface area contributed by atoms with Gasteiger partial charge in [0.1, 0.15) is 5.82 Å². The Bertz CT molecular complexity index is 775. The molecular weight excluding hydrogens is 330 g/mol. The summed E-state index contributed by atoms with van der Waals surface area (Å²) in [5, 5.41) is 15.3. The molecule has 1 saturated carbocycles. The quantitative estimate of drug-likeness (QED) is 0.886. The highest BCUT2D eigenvalue weighted by Gasteiger charge is 2.30.